The third-order valence-corrected chi connectivity index (χ3v) is 8.21. The first kappa shape index (κ1) is 25.1. The fraction of sp³-hybridized carbons (Fsp3) is 0.469. The van der Waals surface area contributed by atoms with Gasteiger partial charge in [0.1, 0.15) is 18.2 Å². The molecular formula is C32H39N3O3. The highest BCUT2D eigenvalue weighted by Gasteiger charge is 2.34. The molecule has 2 unspecified atom stereocenters. The zero-order chi connectivity index (χ0) is 25.7. The van der Waals surface area contributed by atoms with Crippen LogP contribution in [0.15, 0.2) is 66.7 Å². The molecule has 6 nitrogen and oxygen atoms in total. The lowest BCUT2D eigenvalue weighted by Crippen LogP contribution is -2.43. The summed E-state index contributed by atoms with van der Waals surface area (Å²) in [4.78, 5) is 10.2. The number of morpholine rings is 1. The van der Waals surface area contributed by atoms with Gasteiger partial charge in [-0.15, -0.1) is 0 Å². The molecule has 3 aliphatic rings. The van der Waals surface area contributed by atoms with Crippen LogP contribution in [0.3, 0.4) is 0 Å². The monoisotopic (exact) mass is 513 g/mol. The average molecular weight is 514 g/mol. The fourth-order valence-corrected chi connectivity index (χ4v) is 6.16. The molecule has 6 rings (SSSR count). The second-order valence-electron chi connectivity index (χ2n) is 10.9. The summed E-state index contributed by atoms with van der Waals surface area (Å²) in [5.41, 5.74) is 3.68. The quantitative estimate of drug-likeness (QED) is 0.367. The molecule has 4 heterocycles. The molecule has 1 aromatic heterocycles. The van der Waals surface area contributed by atoms with Gasteiger partial charge in [0, 0.05) is 43.5 Å². The smallest absolute Gasteiger partial charge is 0.217 e. The minimum absolute atomic E-state index is 0.332. The van der Waals surface area contributed by atoms with Gasteiger partial charge in [-0.2, -0.15) is 4.98 Å². The molecule has 0 amide bonds. The van der Waals surface area contributed by atoms with Crippen LogP contribution in [-0.4, -0.2) is 50.0 Å². The fourth-order valence-electron chi connectivity index (χ4n) is 6.16. The van der Waals surface area contributed by atoms with E-state index in [1.807, 2.05) is 24.3 Å². The minimum atomic E-state index is 0.332. The second kappa shape index (κ2) is 11.6. The number of aromatic nitrogens is 1. The minimum Gasteiger partial charge on any atom is -0.497 e. The standard InChI is InChI=1S/C32H39N3O3/c1-36-28-13-11-25(12-14-28)23-37-32-20-27(34-21-29-15-16-30(22-34)38-29)19-31(33-32)35-17-7-3-6-10-26(35)18-24-8-4-2-5-9-24/h2,4-5,8-9,11-14,19-20,26,29-30H,3,6-7,10,15-18,21-23H2,1H3/t26-,29?,30?/m1/s1. The van der Waals surface area contributed by atoms with Gasteiger partial charge in [-0.25, -0.2) is 0 Å². The molecule has 3 atom stereocenters. The molecule has 200 valence electrons. The first-order chi connectivity index (χ1) is 18.7. The Bertz CT molecular complexity index is 1170. The maximum absolute atomic E-state index is 6.35. The van der Waals surface area contributed by atoms with Crippen molar-refractivity contribution in [2.45, 2.75) is 69.8 Å². The summed E-state index contributed by atoms with van der Waals surface area (Å²) >= 11 is 0. The maximum atomic E-state index is 6.35. The normalized spacial score (nSPS) is 23.2. The number of hydrogen-bond donors (Lipinski definition) is 0. The maximum Gasteiger partial charge on any atom is 0.217 e. The topological polar surface area (TPSA) is 47.1 Å². The van der Waals surface area contributed by atoms with Crippen LogP contribution in [0.4, 0.5) is 11.5 Å². The van der Waals surface area contributed by atoms with E-state index in [2.05, 4.69) is 52.3 Å². The van der Waals surface area contributed by atoms with E-state index in [9.17, 15) is 0 Å². The van der Waals surface area contributed by atoms with Crippen molar-refractivity contribution in [3.63, 3.8) is 0 Å². The third kappa shape index (κ3) is 5.91. The zero-order valence-corrected chi connectivity index (χ0v) is 22.4. The first-order valence-corrected chi connectivity index (χ1v) is 14.2. The Kier molecular flexibility index (Phi) is 7.68. The van der Waals surface area contributed by atoms with Crippen molar-refractivity contribution in [3.05, 3.63) is 77.9 Å². The number of hydrogen-bond acceptors (Lipinski definition) is 6. The lowest BCUT2D eigenvalue weighted by atomic mass is 10.0. The summed E-state index contributed by atoms with van der Waals surface area (Å²) in [5, 5.41) is 0. The van der Waals surface area contributed by atoms with Crippen LogP contribution in [0.2, 0.25) is 0 Å². The Morgan fingerprint density at radius 3 is 2.42 bits per heavy atom. The van der Waals surface area contributed by atoms with E-state index in [0.717, 1.165) is 56.0 Å². The number of methoxy groups -OCH3 is 1. The average Bonchev–Trinajstić information content (AvgIpc) is 3.14. The highest BCUT2D eigenvalue weighted by Crippen LogP contribution is 2.35. The highest BCUT2D eigenvalue weighted by atomic mass is 16.5. The van der Waals surface area contributed by atoms with Crippen LogP contribution in [0.5, 0.6) is 11.6 Å². The van der Waals surface area contributed by atoms with Crippen LogP contribution in [0, 0.1) is 0 Å². The molecule has 0 aliphatic carbocycles. The van der Waals surface area contributed by atoms with E-state index < -0.39 is 0 Å². The van der Waals surface area contributed by atoms with Crippen LogP contribution >= 0.6 is 0 Å². The van der Waals surface area contributed by atoms with E-state index >= 15 is 0 Å². The van der Waals surface area contributed by atoms with Crippen molar-refractivity contribution in [1.82, 2.24) is 4.98 Å². The van der Waals surface area contributed by atoms with Crippen molar-refractivity contribution < 1.29 is 14.2 Å². The molecule has 2 bridgehead atoms. The summed E-state index contributed by atoms with van der Waals surface area (Å²) in [5.74, 6) is 2.58. The molecule has 3 aromatic rings. The van der Waals surface area contributed by atoms with Gasteiger partial charge in [0.15, 0.2) is 0 Å². The van der Waals surface area contributed by atoms with E-state index in [1.54, 1.807) is 7.11 Å². The lowest BCUT2D eigenvalue weighted by molar-refractivity contribution is 0.0304. The van der Waals surface area contributed by atoms with E-state index in [-0.39, 0.29) is 0 Å². The third-order valence-electron chi connectivity index (χ3n) is 8.21. The Labute approximate surface area is 226 Å². The Balaban J connectivity index is 1.29. The number of pyridine rings is 1. The van der Waals surface area contributed by atoms with Crippen molar-refractivity contribution in [3.8, 4) is 11.6 Å². The van der Waals surface area contributed by atoms with Crippen LogP contribution < -0.4 is 19.3 Å². The second-order valence-corrected chi connectivity index (χ2v) is 10.9. The van der Waals surface area contributed by atoms with E-state index in [1.165, 1.54) is 36.9 Å². The van der Waals surface area contributed by atoms with Gasteiger partial charge in [-0.05, 0) is 55.4 Å². The SMILES string of the molecule is COc1ccc(COc2cc(N3CC4CCC(C3)O4)cc(N3CCCCC[C@@H]3Cc3ccccc3)n2)cc1. The van der Waals surface area contributed by atoms with Gasteiger partial charge in [0.25, 0.3) is 0 Å². The van der Waals surface area contributed by atoms with Gasteiger partial charge in [-0.1, -0.05) is 55.3 Å². The number of nitrogens with zero attached hydrogens (tertiary/aromatic N) is 3. The first-order valence-electron chi connectivity index (χ1n) is 14.2. The summed E-state index contributed by atoms with van der Waals surface area (Å²) in [6.45, 7) is 3.37. The van der Waals surface area contributed by atoms with Gasteiger partial charge in [0.2, 0.25) is 5.88 Å². The molecule has 38 heavy (non-hydrogen) atoms. The Morgan fingerprint density at radius 1 is 0.868 bits per heavy atom. The van der Waals surface area contributed by atoms with E-state index in [0.29, 0.717) is 30.7 Å². The largest absolute Gasteiger partial charge is 0.497 e. The predicted octanol–water partition coefficient (Wildman–Crippen LogP) is 6.03. The number of anilines is 2. The number of benzene rings is 2. The Hall–Kier alpha value is -3.25. The Morgan fingerprint density at radius 2 is 1.66 bits per heavy atom. The molecule has 0 spiro atoms. The molecule has 6 heteroatoms. The highest BCUT2D eigenvalue weighted by molar-refractivity contribution is 5.59. The molecule has 3 saturated heterocycles. The van der Waals surface area contributed by atoms with Crippen molar-refractivity contribution in [2.24, 2.45) is 0 Å². The van der Waals surface area contributed by atoms with E-state index in [4.69, 9.17) is 19.2 Å². The number of rotatable bonds is 8. The summed E-state index contributed by atoms with van der Waals surface area (Å²) in [7, 11) is 1.69. The molecule has 0 N–H and O–H groups in total. The summed E-state index contributed by atoms with van der Waals surface area (Å²) < 4.78 is 17.8. The van der Waals surface area contributed by atoms with Gasteiger partial charge >= 0.3 is 0 Å². The van der Waals surface area contributed by atoms with Crippen molar-refractivity contribution >= 4 is 11.5 Å². The molecule has 3 fully saturated rings. The van der Waals surface area contributed by atoms with Crippen LogP contribution in [-0.2, 0) is 17.8 Å². The molecule has 0 saturated carbocycles. The van der Waals surface area contributed by atoms with Gasteiger partial charge in [-0.3, -0.25) is 0 Å². The van der Waals surface area contributed by atoms with Gasteiger partial charge in [0.05, 0.1) is 19.3 Å². The van der Waals surface area contributed by atoms with Gasteiger partial charge < -0.3 is 24.0 Å². The number of fused-ring (bicyclic) bond motifs is 2. The van der Waals surface area contributed by atoms with Crippen molar-refractivity contribution in [2.75, 3.05) is 36.5 Å². The molecular weight excluding hydrogens is 474 g/mol. The van der Waals surface area contributed by atoms with Crippen LogP contribution in [0.25, 0.3) is 0 Å². The molecule has 3 aliphatic heterocycles. The predicted molar refractivity (Wildman–Crippen MR) is 151 cm³/mol. The number of ether oxygens (including phenoxy) is 3. The summed E-state index contributed by atoms with van der Waals surface area (Å²) in [6, 6.07) is 23.8. The summed E-state index contributed by atoms with van der Waals surface area (Å²) in [6.07, 6.45) is 8.94. The lowest BCUT2D eigenvalue weighted by Gasteiger charge is -2.36. The van der Waals surface area contributed by atoms with Crippen LogP contribution in [0.1, 0.15) is 49.7 Å². The molecule has 0 radical (unpaired) electrons. The molecule has 2 aromatic carbocycles. The zero-order valence-electron chi connectivity index (χ0n) is 22.4. The van der Waals surface area contributed by atoms with Crippen molar-refractivity contribution in [1.29, 1.82) is 0 Å².